The number of nitriles is 1. The molecule has 3 aliphatic heterocycles. The minimum atomic E-state index is -0.342. The lowest BCUT2D eigenvalue weighted by Crippen LogP contribution is -2.54. The van der Waals surface area contributed by atoms with E-state index < -0.39 is 0 Å². The molecule has 3 fully saturated rings. The van der Waals surface area contributed by atoms with Crippen molar-refractivity contribution >= 4 is 49.0 Å². The van der Waals surface area contributed by atoms with Gasteiger partial charge in [-0.25, -0.2) is 0 Å². The lowest BCUT2D eigenvalue weighted by atomic mass is 9.71. The van der Waals surface area contributed by atoms with Gasteiger partial charge in [0.2, 0.25) is 0 Å². The van der Waals surface area contributed by atoms with Crippen molar-refractivity contribution in [2.75, 3.05) is 31.2 Å². The number of nitrogens with zero attached hydrogens (tertiary/aromatic N) is 3. The Morgan fingerprint density at radius 2 is 1.83 bits per heavy atom. The molecule has 0 amide bonds. The quantitative estimate of drug-likeness (QED) is 0.440. The first-order chi connectivity index (χ1) is 17.4. The van der Waals surface area contributed by atoms with Gasteiger partial charge in [-0.05, 0) is 65.4 Å². The molecule has 6 nitrogen and oxygen atoms in total. The predicted octanol–water partition coefficient (Wildman–Crippen LogP) is 5.57. The molecule has 5 heterocycles. The highest BCUT2D eigenvalue weighted by Gasteiger charge is 2.43. The van der Waals surface area contributed by atoms with Crippen LogP contribution in [0.2, 0.25) is 0 Å². The van der Waals surface area contributed by atoms with Gasteiger partial charge in [-0.15, -0.1) is 11.3 Å². The second kappa shape index (κ2) is 8.16. The van der Waals surface area contributed by atoms with Crippen LogP contribution in [0.15, 0.2) is 22.7 Å². The first-order valence-electron chi connectivity index (χ1n) is 12.9. The molecule has 1 aliphatic carbocycles. The van der Waals surface area contributed by atoms with Crippen molar-refractivity contribution in [1.29, 1.82) is 5.26 Å². The highest BCUT2D eigenvalue weighted by molar-refractivity contribution is 9.10. The number of aromatic nitrogens is 1. The first-order valence-corrected chi connectivity index (χ1v) is 14.5. The van der Waals surface area contributed by atoms with E-state index in [0.29, 0.717) is 23.0 Å². The van der Waals surface area contributed by atoms with E-state index in [4.69, 9.17) is 4.74 Å². The molecular formula is C28H29BrN4O2S. The first kappa shape index (κ1) is 23.0. The molecule has 0 spiro atoms. The number of piperidine rings is 1. The second-order valence-corrected chi connectivity index (χ2v) is 13.1. The van der Waals surface area contributed by atoms with E-state index in [1.807, 2.05) is 12.1 Å². The van der Waals surface area contributed by atoms with Gasteiger partial charge < -0.3 is 14.6 Å². The number of aromatic amines is 1. The van der Waals surface area contributed by atoms with E-state index in [2.05, 4.69) is 56.7 Å². The SMILES string of the molecule is CC1(C)c2cc(N3CCC(N4C5CCC4COC5)CC3)c(Br)cc2C(=O)c2c1[nH]c1cc(C#N)sc21. The van der Waals surface area contributed by atoms with Crippen molar-refractivity contribution in [1.82, 2.24) is 9.88 Å². The van der Waals surface area contributed by atoms with Gasteiger partial charge in [-0.2, -0.15) is 5.26 Å². The third-order valence-corrected chi connectivity index (χ3v) is 10.7. The Kier molecular flexibility index (Phi) is 5.21. The van der Waals surface area contributed by atoms with Gasteiger partial charge in [0, 0.05) is 52.4 Å². The summed E-state index contributed by atoms with van der Waals surface area (Å²) in [5.41, 5.74) is 5.24. The number of hydrogen-bond donors (Lipinski definition) is 1. The molecule has 186 valence electrons. The van der Waals surface area contributed by atoms with E-state index in [1.54, 1.807) is 0 Å². The molecule has 0 radical (unpaired) electrons. The van der Waals surface area contributed by atoms with Crippen LogP contribution in [0.25, 0.3) is 10.2 Å². The zero-order valence-electron chi connectivity index (χ0n) is 20.6. The summed E-state index contributed by atoms with van der Waals surface area (Å²) in [4.78, 5) is 23.1. The predicted molar refractivity (Wildman–Crippen MR) is 145 cm³/mol. The van der Waals surface area contributed by atoms with Gasteiger partial charge in [0.05, 0.1) is 34.7 Å². The second-order valence-electron chi connectivity index (χ2n) is 11.2. The fraction of sp³-hybridized carbons (Fsp3) is 0.500. The standard InChI is InChI=1S/C28H29BrN4O2S/c1-28(2)20-11-23(32-7-5-15(6-8-32)33-16-3-4-17(33)14-35-13-16)21(29)10-19(20)25(34)24-26-22(31-27(24)28)9-18(12-30)36-26/h9-11,15-17,31H,3-8,13-14H2,1-2H3. The maximum absolute atomic E-state index is 13.7. The summed E-state index contributed by atoms with van der Waals surface area (Å²) in [5.74, 6) is 0.0469. The largest absolute Gasteiger partial charge is 0.378 e. The molecular weight excluding hydrogens is 536 g/mol. The van der Waals surface area contributed by atoms with E-state index in [1.165, 1.54) is 29.9 Å². The van der Waals surface area contributed by atoms with Gasteiger partial charge >= 0.3 is 0 Å². The number of ether oxygens (including phenoxy) is 1. The molecule has 2 bridgehead atoms. The molecule has 2 aromatic heterocycles. The normalized spacial score (nSPS) is 25.7. The maximum Gasteiger partial charge on any atom is 0.196 e. The van der Waals surface area contributed by atoms with Crippen molar-refractivity contribution in [3.05, 3.63) is 49.9 Å². The molecule has 1 N–H and O–H groups in total. The average molecular weight is 566 g/mol. The summed E-state index contributed by atoms with van der Waals surface area (Å²) in [5, 5.41) is 9.34. The fourth-order valence-electron chi connectivity index (χ4n) is 7.16. The van der Waals surface area contributed by atoms with Crippen LogP contribution in [0, 0.1) is 11.3 Å². The van der Waals surface area contributed by atoms with Crippen LogP contribution >= 0.6 is 27.3 Å². The number of fused-ring (bicyclic) bond motifs is 6. The Hall–Kier alpha value is -2.18. The van der Waals surface area contributed by atoms with Crippen molar-refractivity contribution in [3.8, 4) is 6.07 Å². The Balaban J connectivity index is 1.20. The van der Waals surface area contributed by atoms with Gasteiger partial charge in [-0.1, -0.05) is 13.8 Å². The Labute approximate surface area is 223 Å². The van der Waals surface area contributed by atoms with Crippen molar-refractivity contribution < 1.29 is 9.53 Å². The van der Waals surface area contributed by atoms with E-state index in [9.17, 15) is 10.1 Å². The minimum Gasteiger partial charge on any atom is -0.378 e. The number of halogens is 1. The maximum atomic E-state index is 13.7. The zero-order valence-corrected chi connectivity index (χ0v) is 23.0. The van der Waals surface area contributed by atoms with Gasteiger partial charge in [0.25, 0.3) is 0 Å². The highest BCUT2D eigenvalue weighted by Crippen LogP contribution is 2.48. The monoisotopic (exact) mass is 564 g/mol. The van der Waals surface area contributed by atoms with Crippen LogP contribution < -0.4 is 4.90 Å². The molecule has 0 saturated carbocycles. The lowest BCUT2D eigenvalue weighted by molar-refractivity contribution is -0.0407. The zero-order chi connectivity index (χ0) is 24.8. The molecule has 2 atom stereocenters. The summed E-state index contributed by atoms with van der Waals surface area (Å²) in [6.45, 7) is 8.22. The third-order valence-electron chi connectivity index (χ3n) is 8.96. The van der Waals surface area contributed by atoms with E-state index in [0.717, 1.165) is 76.2 Å². The summed E-state index contributed by atoms with van der Waals surface area (Å²) in [7, 11) is 0. The number of carbonyl (C=O) groups excluding carboxylic acids is 1. The Bertz CT molecular complexity index is 1430. The van der Waals surface area contributed by atoms with Crippen LogP contribution in [0.1, 0.15) is 71.6 Å². The fourth-order valence-corrected chi connectivity index (χ4v) is 8.71. The van der Waals surface area contributed by atoms with Gasteiger partial charge in [0.1, 0.15) is 10.9 Å². The number of ketones is 1. The Morgan fingerprint density at radius 3 is 2.53 bits per heavy atom. The lowest BCUT2D eigenvalue weighted by Gasteiger charge is -2.45. The number of carbonyl (C=O) groups is 1. The number of thiophene rings is 1. The number of nitrogens with one attached hydrogen (secondary N) is 1. The number of anilines is 1. The van der Waals surface area contributed by atoms with E-state index in [-0.39, 0.29) is 11.2 Å². The average Bonchev–Trinajstić information content (AvgIpc) is 3.51. The van der Waals surface area contributed by atoms with Crippen LogP contribution in [0.5, 0.6) is 0 Å². The molecule has 7 rings (SSSR count). The number of morpholine rings is 1. The summed E-state index contributed by atoms with van der Waals surface area (Å²) >= 11 is 5.22. The number of H-pyrrole nitrogens is 1. The molecule has 8 heteroatoms. The summed E-state index contributed by atoms with van der Waals surface area (Å²) in [6, 6.07) is 10.2. The third kappa shape index (κ3) is 3.22. The topological polar surface area (TPSA) is 72.4 Å². The number of rotatable bonds is 2. The smallest absolute Gasteiger partial charge is 0.196 e. The number of hydrogen-bond acceptors (Lipinski definition) is 6. The molecule has 36 heavy (non-hydrogen) atoms. The van der Waals surface area contributed by atoms with Crippen molar-refractivity contribution in [3.63, 3.8) is 0 Å². The molecule has 3 aromatic rings. The minimum absolute atomic E-state index is 0.0469. The van der Waals surface area contributed by atoms with Crippen LogP contribution in [0.4, 0.5) is 5.69 Å². The van der Waals surface area contributed by atoms with Crippen LogP contribution in [0.3, 0.4) is 0 Å². The van der Waals surface area contributed by atoms with E-state index >= 15 is 0 Å². The van der Waals surface area contributed by atoms with Crippen LogP contribution in [-0.2, 0) is 10.2 Å². The summed E-state index contributed by atoms with van der Waals surface area (Å²) in [6.07, 6.45) is 4.88. The van der Waals surface area contributed by atoms with Gasteiger partial charge in [-0.3, -0.25) is 9.69 Å². The highest BCUT2D eigenvalue weighted by atomic mass is 79.9. The molecule has 3 saturated heterocycles. The van der Waals surface area contributed by atoms with Crippen LogP contribution in [-0.4, -0.2) is 60.1 Å². The molecule has 1 aromatic carbocycles. The Morgan fingerprint density at radius 1 is 1.11 bits per heavy atom. The van der Waals surface area contributed by atoms with Gasteiger partial charge in [0.15, 0.2) is 5.78 Å². The number of benzene rings is 1. The molecule has 2 unspecified atom stereocenters. The summed E-state index contributed by atoms with van der Waals surface area (Å²) < 4.78 is 7.69. The van der Waals surface area contributed by atoms with Crippen molar-refractivity contribution in [2.24, 2.45) is 0 Å². The van der Waals surface area contributed by atoms with Crippen molar-refractivity contribution in [2.45, 2.75) is 63.1 Å². The molecule has 4 aliphatic rings.